The van der Waals surface area contributed by atoms with Crippen molar-refractivity contribution >= 4 is 0 Å². The van der Waals surface area contributed by atoms with Gasteiger partial charge in [-0.25, -0.2) is 0 Å². The lowest BCUT2D eigenvalue weighted by Crippen LogP contribution is -1.84. The molecule has 0 amide bonds. The van der Waals surface area contributed by atoms with Crippen LogP contribution in [0.25, 0.3) is 0 Å². The highest BCUT2D eigenvalue weighted by atomic mass is 16.5. The molecule has 0 bridgehead atoms. The second kappa shape index (κ2) is 5.23. The summed E-state index contributed by atoms with van der Waals surface area (Å²) in [6.45, 7) is 0. The number of benzene rings is 2. The molecule has 4 nitrogen and oxygen atoms in total. The number of hydrogen-bond acceptors (Lipinski definition) is 4. The summed E-state index contributed by atoms with van der Waals surface area (Å²) < 4.78 is 5.02. The minimum atomic E-state index is -0.0576. The SMILES string of the molecule is COc1cc(O)cc(C#Cc2cc(O)cc(O)c2)c1. The quantitative estimate of drug-likeness (QED) is 0.684. The van der Waals surface area contributed by atoms with Gasteiger partial charge in [-0.2, -0.15) is 0 Å². The minimum Gasteiger partial charge on any atom is -0.508 e. The fourth-order valence-electron chi connectivity index (χ4n) is 1.59. The fraction of sp³-hybridized carbons (Fsp3) is 0.0667. The maximum atomic E-state index is 9.48. The molecule has 2 rings (SSSR count). The Morgan fingerprint density at radius 2 is 1.21 bits per heavy atom. The zero-order chi connectivity index (χ0) is 13.8. The molecule has 0 radical (unpaired) electrons. The number of phenols is 3. The molecule has 0 saturated heterocycles. The summed E-state index contributed by atoms with van der Waals surface area (Å²) >= 11 is 0. The third-order valence-corrected chi connectivity index (χ3v) is 2.38. The average Bonchev–Trinajstić information content (AvgIpc) is 2.34. The van der Waals surface area contributed by atoms with Crippen LogP contribution in [-0.4, -0.2) is 22.4 Å². The van der Waals surface area contributed by atoms with Gasteiger partial charge >= 0.3 is 0 Å². The molecular formula is C15H12O4. The smallest absolute Gasteiger partial charge is 0.123 e. The fourth-order valence-corrected chi connectivity index (χ4v) is 1.59. The second-order valence-electron chi connectivity index (χ2n) is 3.91. The van der Waals surface area contributed by atoms with Crippen LogP contribution in [0.3, 0.4) is 0 Å². The van der Waals surface area contributed by atoms with Crippen LogP contribution < -0.4 is 4.74 Å². The van der Waals surface area contributed by atoms with Gasteiger partial charge in [0.1, 0.15) is 23.0 Å². The first-order chi connectivity index (χ1) is 9.06. The molecule has 19 heavy (non-hydrogen) atoms. The van der Waals surface area contributed by atoms with E-state index in [-0.39, 0.29) is 17.2 Å². The van der Waals surface area contributed by atoms with E-state index >= 15 is 0 Å². The Kier molecular flexibility index (Phi) is 3.48. The lowest BCUT2D eigenvalue weighted by atomic mass is 10.1. The summed E-state index contributed by atoms with van der Waals surface area (Å²) in [5, 5.41) is 28.1. The van der Waals surface area contributed by atoms with E-state index in [0.717, 1.165) is 0 Å². The van der Waals surface area contributed by atoms with Crippen molar-refractivity contribution < 1.29 is 20.1 Å². The van der Waals surface area contributed by atoms with Gasteiger partial charge < -0.3 is 20.1 Å². The molecule has 2 aromatic carbocycles. The molecule has 0 unspecified atom stereocenters. The summed E-state index contributed by atoms with van der Waals surface area (Å²) in [4.78, 5) is 0. The van der Waals surface area contributed by atoms with Crippen LogP contribution in [0.4, 0.5) is 0 Å². The van der Waals surface area contributed by atoms with Gasteiger partial charge in [-0.15, -0.1) is 0 Å². The third-order valence-electron chi connectivity index (χ3n) is 2.38. The van der Waals surface area contributed by atoms with E-state index in [0.29, 0.717) is 16.9 Å². The maximum absolute atomic E-state index is 9.48. The average molecular weight is 256 g/mol. The summed E-state index contributed by atoms with van der Waals surface area (Å²) in [5.41, 5.74) is 1.04. The van der Waals surface area contributed by atoms with E-state index in [9.17, 15) is 15.3 Å². The van der Waals surface area contributed by atoms with Gasteiger partial charge in [-0.3, -0.25) is 0 Å². The molecule has 0 atom stereocenters. The highest BCUT2D eigenvalue weighted by molar-refractivity contribution is 5.51. The summed E-state index contributed by atoms with van der Waals surface area (Å²) in [6.07, 6.45) is 0. The van der Waals surface area contributed by atoms with E-state index in [2.05, 4.69) is 11.8 Å². The molecule has 4 heteroatoms. The summed E-state index contributed by atoms with van der Waals surface area (Å²) in [5.74, 6) is 6.05. The van der Waals surface area contributed by atoms with E-state index in [4.69, 9.17) is 4.74 Å². The van der Waals surface area contributed by atoms with Crippen LogP contribution in [0.2, 0.25) is 0 Å². The first-order valence-corrected chi connectivity index (χ1v) is 5.50. The Hall–Kier alpha value is -2.80. The Labute approximate surface area is 110 Å². The van der Waals surface area contributed by atoms with E-state index < -0.39 is 0 Å². The van der Waals surface area contributed by atoms with Crippen LogP contribution in [0.15, 0.2) is 36.4 Å². The summed E-state index contributed by atoms with van der Waals surface area (Å²) in [6, 6.07) is 8.75. The topological polar surface area (TPSA) is 69.9 Å². The van der Waals surface area contributed by atoms with Gasteiger partial charge in [-0.05, 0) is 24.3 Å². The van der Waals surface area contributed by atoms with Crippen LogP contribution in [-0.2, 0) is 0 Å². The predicted octanol–water partition coefficient (Wildman–Crippen LogP) is 2.21. The second-order valence-corrected chi connectivity index (χ2v) is 3.91. The molecule has 0 saturated carbocycles. The standard InChI is InChI=1S/C15H12O4/c1-19-15-7-11(6-14(18)9-15)3-2-10-4-12(16)8-13(17)5-10/h4-9,16-18H,1H3. The molecule has 0 aromatic heterocycles. The van der Waals surface area contributed by atoms with Crippen molar-refractivity contribution in [2.24, 2.45) is 0 Å². The Morgan fingerprint density at radius 3 is 1.74 bits per heavy atom. The zero-order valence-corrected chi connectivity index (χ0v) is 10.2. The van der Waals surface area contributed by atoms with Crippen molar-refractivity contribution in [3.8, 4) is 34.8 Å². The predicted molar refractivity (Wildman–Crippen MR) is 70.4 cm³/mol. The van der Waals surface area contributed by atoms with Crippen molar-refractivity contribution in [3.05, 3.63) is 47.5 Å². The van der Waals surface area contributed by atoms with Gasteiger partial charge in [0.25, 0.3) is 0 Å². The first kappa shape index (κ1) is 12.7. The lowest BCUT2D eigenvalue weighted by Gasteiger charge is -2.01. The highest BCUT2D eigenvalue weighted by Gasteiger charge is 1.99. The van der Waals surface area contributed by atoms with Crippen molar-refractivity contribution in [1.29, 1.82) is 0 Å². The minimum absolute atomic E-state index is 0.0576. The summed E-state index contributed by atoms with van der Waals surface area (Å²) in [7, 11) is 1.50. The molecule has 0 aliphatic rings. The largest absolute Gasteiger partial charge is 0.508 e. The van der Waals surface area contributed by atoms with E-state index in [1.807, 2.05) is 0 Å². The van der Waals surface area contributed by atoms with E-state index in [1.54, 1.807) is 6.07 Å². The number of ether oxygens (including phenoxy) is 1. The number of aromatic hydroxyl groups is 3. The lowest BCUT2D eigenvalue weighted by molar-refractivity contribution is 0.407. The Morgan fingerprint density at radius 1 is 0.737 bits per heavy atom. The molecule has 0 aliphatic carbocycles. The van der Waals surface area contributed by atoms with Crippen molar-refractivity contribution in [2.45, 2.75) is 0 Å². The van der Waals surface area contributed by atoms with Gasteiger partial charge in [0, 0.05) is 23.3 Å². The first-order valence-electron chi connectivity index (χ1n) is 5.50. The zero-order valence-electron chi connectivity index (χ0n) is 10.2. The Bertz CT molecular complexity index is 645. The van der Waals surface area contributed by atoms with Crippen molar-refractivity contribution in [2.75, 3.05) is 7.11 Å². The van der Waals surface area contributed by atoms with Gasteiger partial charge in [0.15, 0.2) is 0 Å². The monoisotopic (exact) mass is 256 g/mol. The van der Waals surface area contributed by atoms with Crippen LogP contribution >= 0.6 is 0 Å². The van der Waals surface area contributed by atoms with Crippen LogP contribution in [0.1, 0.15) is 11.1 Å². The molecule has 2 aromatic rings. The molecule has 0 aliphatic heterocycles. The van der Waals surface area contributed by atoms with Gasteiger partial charge in [-0.1, -0.05) is 11.8 Å². The number of rotatable bonds is 1. The third kappa shape index (κ3) is 3.33. The molecule has 0 heterocycles. The maximum Gasteiger partial charge on any atom is 0.123 e. The van der Waals surface area contributed by atoms with E-state index in [1.165, 1.54) is 37.4 Å². The van der Waals surface area contributed by atoms with Crippen LogP contribution in [0.5, 0.6) is 23.0 Å². The molecular weight excluding hydrogens is 244 g/mol. The highest BCUT2D eigenvalue weighted by Crippen LogP contribution is 2.22. The van der Waals surface area contributed by atoms with Gasteiger partial charge in [0.05, 0.1) is 7.11 Å². The molecule has 0 spiro atoms. The van der Waals surface area contributed by atoms with Crippen molar-refractivity contribution in [1.82, 2.24) is 0 Å². The Balaban J connectivity index is 2.35. The molecule has 0 fully saturated rings. The number of methoxy groups -OCH3 is 1. The van der Waals surface area contributed by atoms with Crippen LogP contribution in [0, 0.1) is 11.8 Å². The molecule has 3 N–H and O–H groups in total. The van der Waals surface area contributed by atoms with Crippen molar-refractivity contribution in [3.63, 3.8) is 0 Å². The number of hydrogen-bond donors (Lipinski definition) is 3. The normalized spacial score (nSPS) is 9.53. The molecule has 96 valence electrons. The van der Waals surface area contributed by atoms with Gasteiger partial charge in [0.2, 0.25) is 0 Å². The number of phenolic OH excluding ortho intramolecular Hbond substituents is 3.